The summed E-state index contributed by atoms with van der Waals surface area (Å²) in [5.41, 5.74) is 4.62. The lowest BCUT2D eigenvalue weighted by Crippen LogP contribution is -2.12. The average molecular weight is 427 g/mol. The van der Waals surface area contributed by atoms with E-state index in [-0.39, 0.29) is 17.9 Å². The summed E-state index contributed by atoms with van der Waals surface area (Å²) >= 11 is 1.45. The van der Waals surface area contributed by atoms with Gasteiger partial charge in [-0.2, -0.15) is 5.10 Å². The number of carbonyl (C=O) groups is 1. The Bertz CT molecular complexity index is 1290. The Kier molecular flexibility index (Phi) is 4.74. The van der Waals surface area contributed by atoms with Crippen molar-refractivity contribution in [2.24, 2.45) is 0 Å². The maximum absolute atomic E-state index is 12.5. The predicted octanol–water partition coefficient (Wildman–Crippen LogP) is 5.16. The van der Waals surface area contributed by atoms with E-state index in [1.807, 2.05) is 19.2 Å². The second kappa shape index (κ2) is 6.92. The molecule has 0 saturated carbocycles. The molecular weight excluding hydrogens is 400 g/mol. The zero-order chi connectivity index (χ0) is 22.0. The molecule has 30 heavy (non-hydrogen) atoms. The number of rotatable bonds is 3. The Morgan fingerprint density at radius 1 is 1.30 bits per heavy atom. The van der Waals surface area contributed by atoms with E-state index in [0.717, 1.165) is 38.2 Å². The molecule has 4 aromatic heterocycles. The maximum Gasteiger partial charge on any atom is 0.417 e. The average Bonchev–Trinajstić information content (AvgIpc) is 3.32. The molecule has 0 aliphatic rings. The molecule has 158 valence electrons. The largest absolute Gasteiger partial charge is 0.464 e. The van der Waals surface area contributed by atoms with Gasteiger partial charge in [0, 0.05) is 27.6 Å². The number of pyridine rings is 1. The van der Waals surface area contributed by atoms with Crippen LogP contribution in [0.15, 0.2) is 18.6 Å². The van der Waals surface area contributed by atoms with Crippen molar-refractivity contribution in [2.75, 3.05) is 0 Å². The van der Waals surface area contributed by atoms with Gasteiger partial charge in [0.1, 0.15) is 11.2 Å². The molecular formula is C22H26N4O3S. The van der Waals surface area contributed by atoms with Crippen molar-refractivity contribution in [1.29, 1.82) is 0 Å². The molecule has 8 heteroatoms. The number of aliphatic hydroxyl groups excluding tert-OH is 1. The van der Waals surface area contributed by atoms with Gasteiger partial charge in [-0.25, -0.2) is 18.9 Å². The number of hydrogen-bond donors (Lipinski definition) is 2. The van der Waals surface area contributed by atoms with E-state index in [9.17, 15) is 15.0 Å². The normalized spacial score (nSPS) is 12.5. The molecule has 0 aromatic carbocycles. The molecule has 7 nitrogen and oxygen atoms in total. The lowest BCUT2D eigenvalue weighted by atomic mass is 9.89. The Morgan fingerprint density at radius 2 is 2.00 bits per heavy atom. The fraction of sp³-hybridized carbons (Fsp3) is 0.409. The molecule has 0 aliphatic carbocycles. The Balaban J connectivity index is 2.18. The van der Waals surface area contributed by atoms with Crippen LogP contribution < -0.4 is 0 Å². The molecule has 0 fully saturated rings. The van der Waals surface area contributed by atoms with Crippen LogP contribution >= 0.6 is 11.3 Å². The molecule has 0 radical (unpaired) electrons. The highest BCUT2D eigenvalue weighted by molar-refractivity contribution is 7.19. The van der Waals surface area contributed by atoms with E-state index in [4.69, 9.17) is 0 Å². The summed E-state index contributed by atoms with van der Waals surface area (Å²) in [6.45, 7) is 12.2. The highest BCUT2D eigenvalue weighted by Gasteiger charge is 2.32. The molecule has 0 spiro atoms. The monoisotopic (exact) mass is 426 g/mol. The number of hydrogen-bond acceptors (Lipinski definition) is 5. The summed E-state index contributed by atoms with van der Waals surface area (Å²) in [5.74, 6) is 0.0579. The first-order chi connectivity index (χ1) is 14.1. The minimum absolute atomic E-state index is 0.0579. The summed E-state index contributed by atoms with van der Waals surface area (Å²) < 4.78 is 3.05. The van der Waals surface area contributed by atoms with Gasteiger partial charge >= 0.3 is 6.09 Å². The number of fused-ring (bicyclic) bond motifs is 2. The van der Waals surface area contributed by atoms with Gasteiger partial charge in [-0.05, 0) is 35.4 Å². The minimum atomic E-state index is -1.04. The molecule has 4 rings (SSSR count). The number of aromatic nitrogens is 4. The number of carboxylic acid groups (broad SMARTS) is 1. The van der Waals surface area contributed by atoms with E-state index in [0.29, 0.717) is 10.5 Å². The third-order valence-corrected chi connectivity index (χ3v) is 7.02. The lowest BCUT2D eigenvalue weighted by Gasteiger charge is -2.19. The van der Waals surface area contributed by atoms with Gasteiger partial charge in [-0.1, -0.05) is 34.6 Å². The van der Waals surface area contributed by atoms with Crippen LogP contribution in [-0.4, -0.2) is 35.5 Å². The van der Waals surface area contributed by atoms with Crippen LogP contribution in [0.2, 0.25) is 0 Å². The van der Waals surface area contributed by atoms with Crippen molar-refractivity contribution in [3.8, 4) is 11.3 Å². The third kappa shape index (κ3) is 2.94. The Labute approximate surface area is 178 Å². The highest BCUT2D eigenvalue weighted by atomic mass is 32.1. The molecule has 4 aromatic rings. The van der Waals surface area contributed by atoms with E-state index >= 15 is 0 Å². The van der Waals surface area contributed by atoms with E-state index < -0.39 is 6.09 Å². The summed E-state index contributed by atoms with van der Waals surface area (Å²) in [6, 6.07) is 1.96. The lowest BCUT2D eigenvalue weighted by molar-refractivity contribution is 0.198. The van der Waals surface area contributed by atoms with Gasteiger partial charge in [0.15, 0.2) is 5.65 Å². The zero-order valence-electron chi connectivity index (χ0n) is 18.0. The quantitative estimate of drug-likeness (QED) is 0.472. The van der Waals surface area contributed by atoms with Crippen molar-refractivity contribution < 1.29 is 15.0 Å². The molecule has 2 N–H and O–H groups in total. The third-order valence-electron chi connectivity index (χ3n) is 5.38. The van der Waals surface area contributed by atoms with Crippen LogP contribution in [0.4, 0.5) is 4.79 Å². The minimum Gasteiger partial charge on any atom is -0.464 e. The van der Waals surface area contributed by atoms with Gasteiger partial charge < -0.3 is 10.2 Å². The van der Waals surface area contributed by atoms with Crippen molar-refractivity contribution in [2.45, 2.75) is 59.5 Å². The molecule has 0 amide bonds. The molecule has 0 atom stereocenters. The van der Waals surface area contributed by atoms with Crippen LogP contribution in [0.25, 0.3) is 27.1 Å². The number of thiophene rings is 1. The standard InChI is InChI=1S/C22H26N4O3S/c1-11(2)15-16-14(9-27)18(22(4,5)6)30-20(16)26(21(28)29)17(15)13-7-12(3)19-23-10-24-25(19)8-13/h7-8,10-11,27H,9H2,1-6H3,(H,28,29). The van der Waals surface area contributed by atoms with Gasteiger partial charge in [-0.15, -0.1) is 11.3 Å². The van der Waals surface area contributed by atoms with E-state index in [2.05, 4.69) is 44.7 Å². The van der Waals surface area contributed by atoms with Crippen LogP contribution in [-0.2, 0) is 12.0 Å². The topological polar surface area (TPSA) is 92.7 Å². The van der Waals surface area contributed by atoms with Crippen molar-refractivity contribution >= 4 is 33.3 Å². The summed E-state index contributed by atoms with van der Waals surface area (Å²) in [7, 11) is 0. The zero-order valence-corrected chi connectivity index (χ0v) is 18.8. The summed E-state index contributed by atoms with van der Waals surface area (Å²) in [6.07, 6.45) is 2.27. The first kappa shape index (κ1) is 20.6. The second-order valence-electron chi connectivity index (χ2n) is 8.97. The van der Waals surface area contributed by atoms with Crippen LogP contribution in [0.3, 0.4) is 0 Å². The van der Waals surface area contributed by atoms with Crippen LogP contribution in [0, 0.1) is 6.92 Å². The highest BCUT2D eigenvalue weighted by Crippen LogP contribution is 2.47. The Hall–Kier alpha value is -2.71. The first-order valence-electron chi connectivity index (χ1n) is 9.91. The molecule has 0 unspecified atom stereocenters. The smallest absolute Gasteiger partial charge is 0.417 e. The Morgan fingerprint density at radius 3 is 2.57 bits per heavy atom. The van der Waals surface area contributed by atoms with Gasteiger partial charge in [0.25, 0.3) is 0 Å². The van der Waals surface area contributed by atoms with Crippen molar-refractivity contribution in [3.05, 3.63) is 40.2 Å². The van der Waals surface area contributed by atoms with Crippen LogP contribution in [0.5, 0.6) is 0 Å². The van der Waals surface area contributed by atoms with Gasteiger partial charge in [-0.3, -0.25) is 0 Å². The molecule has 0 saturated heterocycles. The fourth-order valence-electron chi connectivity index (χ4n) is 4.24. The van der Waals surface area contributed by atoms with E-state index in [1.165, 1.54) is 22.2 Å². The SMILES string of the molecule is Cc1cc(-c2c(C(C)C)c3c(CO)c(C(C)(C)C)sc3n2C(=O)O)cn2ncnc12. The van der Waals surface area contributed by atoms with Gasteiger partial charge in [0.2, 0.25) is 0 Å². The number of nitrogens with zero attached hydrogens (tertiary/aromatic N) is 4. The van der Waals surface area contributed by atoms with Crippen LogP contribution in [0.1, 0.15) is 62.1 Å². The molecule has 0 bridgehead atoms. The number of aliphatic hydroxyl groups is 1. The molecule has 4 heterocycles. The number of aryl methyl sites for hydroxylation is 1. The summed E-state index contributed by atoms with van der Waals surface area (Å²) in [5, 5.41) is 25.6. The maximum atomic E-state index is 12.5. The first-order valence-corrected chi connectivity index (χ1v) is 10.7. The van der Waals surface area contributed by atoms with Gasteiger partial charge in [0.05, 0.1) is 12.3 Å². The van der Waals surface area contributed by atoms with Crippen molar-refractivity contribution in [1.82, 2.24) is 19.2 Å². The molecule has 0 aliphatic heterocycles. The summed E-state index contributed by atoms with van der Waals surface area (Å²) in [4.78, 5) is 18.4. The second-order valence-corrected chi connectivity index (χ2v) is 9.97. The van der Waals surface area contributed by atoms with Crippen molar-refractivity contribution in [3.63, 3.8) is 0 Å². The van der Waals surface area contributed by atoms with E-state index in [1.54, 1.807) is 4.52 Å². The fourth-order valence-corrected chi connectivity index (χ4v) is 5.62. The predicted molar refractivity (Wildman–Crippen MR) is 119 cm³/mol.